The van der Waals surface area contributed by atoms with Gasteiger partial charge < -0.3 is 0 Å². The predicted molar refractivity (Wildman–Crippen MR) is 76.2 cm³/mol. The van der Waals surface area contributed by atoms with E-state index in [9.17, 15) is 0 Å². The number of nitrogens with zero attached hydrogens (tertiary/aromatic N) is 2. The first-order valence-electron chi connectivity index (χ1n) is 7.09. The van der Waals surface area contributed by atoms with Gasteiger partial charge in [-0.3, -0.25) is 4.68 Å². The van der Waals surface area contributed by atoms with Gasteiger partial charge in [-0.2, -0.15) is 5.10 Å². The van der Waals surface area contributed by atoms with Crippen LogP contribution < -0.4 is 0 Å². The summed E-state index contributed by atoms with van der Waals surface area (Å²) in [5.41, 5.74) is 4.04. The molecule has 0 N–H and O–H groups in total. The Hall–Kier alpha value is -1.31. The fourth-order valence-electron chi connectivity index (χ4n) is 2.50. The number of hydrogen-bond donors (Lipinski definition) is 0. The highest BCUT2D eigenvalue weighted by Gasteiger charge is 2.25. The van der Waals surface area contributed by atoms with E-state index in [1.807, 2.05) is 0 Å². The van der Waals surface area contributed by atoms with Crippen molar-refractivity contribution in [1.29, 1.82) is 0 Å². The summed E-state index contributed by atoms with van der Waals surface area (Å²) in [7, 11) is 0. The Balaban J connectivity index is 2.20. The second kappa shape index (κ2) is 4.11. The highest BCUT2D eigenvalue weighted by Crippen LogP contribution is 2.37. The number of aromatic nitrogens is 2. The molecule has 0 aliphatic heterocycles. The number of rotatable bonds is 3. The van der Waals surface area contributed by atoms with Crippen molar-refractivity contribution in [3.8, 4) is 0 Å². The molecule has 1 saturated carbocycles. The smallest absolute Gasteiger partial charge is 0.0958 e. The van der Waals surface area contributed by atoms with Gasteiger partial charge in [-0.25, -0.2) is 0 Å². The summed E-state index contributed by atoms with van der Waals surface area (Å²) in [4.78, 5) is 0. The van der Waals surface area contributed by atoms with Crippen molar-refractivity contribution in [2.45, 2.75) is 58.4 Å². The lowest BCUT2D eigenvalue weighted by atomic mass is 9.93. The summed E-state index contributed by atoms with van der Waals surface area (Å²) in [5, 5.41) is 6.13. The monoisotopic (exact) mass is 242 g/mol. The SMILES string of the molecule is CC(C)c1cc(C(C)C)c2nn(C3CC3)cc2c1. The highest BCUT2D eigenvalue weighted by molar-refractivity contribution is 5.83. The lowest BCUT2D eigenvalue weighted by Gasteiger charge is -2.11. The van der Waals surface area contributed by atoms with E-state index >= 15 is 0 Å². The standard InChI is InChI=1S/C16H22N2/c1-10(2)12-7-13-9-18(14-5-6-14)17-16(13)15(8-12)11(3)4/h7-11,14H,5-6H2,1-4H3. The summed E-state index contributed by atoms with van der Waals surface area (Å²) in [6.07, 6.45) is 4.83. The molecule has 96 valence electrons. The van der Waals surface area contributed by atoms with Gasteiger partial charge in [-0.1, -0.05) is 33.8 Å². The molecular formula is C16H22N2. The maximum atomic E-state index is 4.81. The molecule has 1 aromatic carbocycles. The van der Waals surface area contributed by atoms with Gasteiger partial charge >= 0.3 is 0 Å². The minimum atomic E-state index is 0.536. The van der Waals surface area contributed by atoms with Crippen molar-refractivity contribution in [1.82, 2.24) is 9.78 Å². The van der Waals surface area contributed by atoms with Crippen LogP contribution in [0.5, 0.6) is 0 Å². The van der Waals surface area contributed by atoms with E-state index in [0.29, 0.717) is 17.9 Å². The molecule has 0 bridgehead atoms. The quantitative estimate of drug-likeness (QED) is 0.768. The summed E-state index contributed by atoms with van der Waals surface area (Å²) in [5.74, 6) is 1.12. The van der Waals surface area contributed by atoms with E-state index < -0.39 is 0 Å². The van der Waals surface area contributed by atoms with Gasteiger partial charge in [0.05, 0.1) is 11.6 Å². The van der Waals surface area contributed by atoms with E-state index in [0.717, 1.165) is 0 Å². The fourth-order valence-corrected chi connectivity index (χ4v) is 2.50. The third-order valence-corrected chi connectivity index (χ3v) is 3.89. The van der Waals surface area contributed by atoms with Crippen LogP contribution in [0.25, 0.3) is 10.9 Å². The predicted octanol–water partition coefficient (Wildman–Crippen LogP) is 4.62. The Kier molecular flexibility index (Phi) is 2.69. The van der Waals surface area contributed by atoms with Crippen LogP contribution >= 0.6 is 0 Å². The van der Waals surface area contributed by atoms with Gasteiger partial charge in [-0.15, -0.1) is 0 Å². The van der Waals surface area contributed by atoms with Crippen LogP contribution in [0.2, 0.25) is 0 Å². The first kappa shape index (κ1) is 11.8. The van der Waals surface area contributed by atoms with Crippen molar-refractivity contribution in [2.75, 3.05) is 0 Å². The van der Waals surface area contributed by atoms with Crippen LogP contribution in [-0.4, -0.2) is 9.78 Å². The normalized spacial score (nSPS) is 16.1. The van der Waals surface area contributed by atoms with Crippen molar-refractivity contribution in [3.05, 3.63) is 29.5 Å². The molecule has 18 heavy (non-hydrogen) atoms. The van der Waals surface area contributed by atoms with E-state index in [1.165, 1.54) is 34.9 Å². The maximum absolute atomic E-state index is 4.81. The Morgan fingerprint density at radius 1 is 1.11 bits per heavy atom. The van der Waals surface area contributed by atoms with Crippen molar-refractivity contribution < 1.29 is 0 Å². The molecule has 1 aliphatic rings. The van der Waals surface area contributed by atoms with Gasteiger partial charge in [0.25, 0.3) is 0 Å². The third-order valence-electron chi connectivity index (χ3n) is 3.89. The Morgan fingerprint density at radius 3 is 2.39 bits per heavy atom. The minimum Gasteiger partial charge on any atom is -0.268 e. The van der Waals surface area contributed by atoms with Gasteiger partial charge in [0, 0.05) is 11.6 Å². The average Bonchev–Trinajstić information content (AvgIpc) is 3.07. The van der Waals surface area contributed by atoms with Crippen LogP contribution in [0.4, 0.5) is 0 Å². The van der Waals surface area contributed by atoms with Crippen LogP contribution in [0.3, 0.4) is 0 Å². The van der Waals surface area contributed by atoms with Crippen LogP contribution in [0.1, 0.15) is 69.5 Å². The zero-order valence-electron chi connectivity index (χ0n) is 11.8. The lowest BCUT2D eigenvalue weighted by Crippen LogP contribution is -1.96. The second-order valence-electron chi connectivity index (χ2n) is 6.20. The second-order valence-corrected chi connectivity index (χ2v) is 6.20. The van der Waals surface area contributed by atoms with E-state index in [1.54, 1.807) is 0 Å². The zero-order chi connectivity index (χ0) is 12.9. The molecule has 1 heterocycles. The van der Waals surface area contributed by atoms with E-state index in [4.69, 9.17) is 5.10 Å². The molecular weight excluding hydrogens is 220 g/mol. The van der Waals surface area contributed by atoms with Crippen molar-refractivity contribution in [3.63, 3.8) is 0 Å². The average molecular weight is 242 g/mol. The van der Waals surface area contributed by atoms with Gasteiger partial charge in [-0.05, 0) is 41.9 Å². The minimum absolute atomic E-state index is 0.536. The molecule has 0 atom stereocenters. The lowest BCUT2D eigenvalue weighted by molar-refractivity contribution is 0.648. The topological polar surface area (TPSA) is 17.8 Å². The van der Waals surface area contributed by atoms with Crippen molar-refractivity contribution >= 4 is 10.9 Å². The maximum Gasteiger partial charge on any atom is 0.0958 e. The van der Waals surface area contributed by atoms with Gasteiger partial charge in [0.2, 0.25) is 0 Å². The van der Waals surface area contributed by atoms with Crippen LogP contribution in [-0.2, 0) is 0 Å². The molecule has 1 fully saturated rings. The molecule has 2 heteroatoms. The van der Waals surface area contributed by atoms with Crippen LogP contribution in [0.15, 0.2) is 18.3 Å². The molecule has 3 rings (SSSR count). The molecule has 1 aromatic heterocycles. The number of hydrogen-bond acceptors (Lipinski definition) is 1. The van der Waals surface area contributed by atoms with E-state index in [-0.39, 0.29) is 0 Å². The molecule has 0 spiro atoms. The number of benzene rings is 1. The molecule has 2 nitrogen and oxygen atoms in total. The Bertz CT molecular complexity index is 574. The van der Waals surface area contributed by atoms with Gasteiger partial charge in [0.1, 0.15) is 0 Å². The van der Waals surface area contributed by atoms with Crippen LogP contribution in [0, 0.1) is 0 Å². The molecule has 2 aromatic rings. The van der Waals surface area contributed by atoms with E-state index in [2.05, 4.69) is 50.7 Å². The first-order valence-corrected chi connectivity index (χ1v) is 7.09. The summed E-state index contributed by atoms with van der Waals surface area (Å²) in [6.45, 7) is 9.04. The summed E-state index contributed by atoms with van der Waals surface area (Å²) >= 11 is 0. The highest BCUT2D eigenvalue weighted by atomic mass is 15.3. The molecule has 0 saturated heterocycles. The first-order chi connectivity index (χ1) is 8.56. The van der Waals surface area contributed by atoms with Crippen molar-refractivity contribution in [2.24, 2.45) is 0 Å². The summed E-state index contributed by atoms with van der Waals surface area (Å²) < 4.78 is 2.18. The largest absolute Gasteiger partial charge is 0.268 e. The number of fused-ring (bicyclic) bond motifs is 1. The zero-order valence-corrected chi connectivity index (χ0v) is 11.8. The Labute approximate surface area is 109 Å². The molecule has 0 unspecified atom stereocenters. The molecule has 0 radical (unpaired) electrons. The third kappa shape index (κ3) is 1.94. The summed E-state index contributed by atoms with van der Waals surface area (Å²) in [6, 6.07) is 5.33. The van der Waals surface area contributed by atoms with Gasteiger partial charge in [0.15, 0.2) is 0 Å². The Morgan fingerprint density at radius 2 is 1.83 bits per heavy atom. The molecule has 1 aliphatic carbocycles. The fraction of sp³-hybridized carbons (Fsp3) is 0.562. The molecule has 0 amide bonds.